The topological polar surface area (TPSA) is 70.7 Å². The molecule has 6 nitrogen and oxygen atoms in total. The number of benzene rings is 1. The molecule has 0 spiro atoms. The van der Waals surface area contributed by atoms with Crippen LogP contribution in [-0.4, -0.2) is 56.6 Å². The van der Waals surface area contributed by atoms with Crippen molar-refractivity contribution < 1.29 is 14.3 Å². The molecule has 0 aromatic heterocycles. The van der Waals surface area contributed by atoms with Crippen LogP contribution in [0.5, 0.6) is 0 Å². The molecule has 1 aromatic carbocycles. The lowest BCUT2D eigenvalue weighted by Gasteiger charge is -2.27. The van der Waals surface area contributed by atoms with Gasteiger partial charge in [0.2, 0.25) is 5.91 Å². The van der Waals surface area contributed by atoms with Crippen LogP contribution in [0.3, 0.4) is 0 Å². The minimum Gasteiger partial charge on any atom is -0.378 e. The molecule has 114 valence electrons. The average molecular weight is 291 g/mol. The third kappa shape index (κ3) is 4.03. The van der Waals surface area contributed by atoms with Gasteiger partial charge in [-0.25, -0.2) is 0 Å². The number of hydrogen-bond acceptors (Lipinski definition) is 4. The Labute approximate surface area is 124 Å². The third-order valence-electron chi connectivity index (χ3n) is 3.46. The number of nitrogens with one attached hydrogen (secondary N) is 2. The molecule has 0 bridgehead atoms. The smallest absolute Gasteiger partial charge is 0.251 e. The maximum Gasteiger partial charge on any atom is 0.251 e. The summed E-state index contributed by atoms with van der Waals surface area (Å²) < 4.78 is 5.30. The standard InChI is InChI=1S/C15H21N3O3/c1-16-14(19)12-5-3-11(4-6-12)9-18(2)15(20)13-10-21-8-7-17-13/h3-6,13,17H,7-10H2,1-2H3,(H,16,19). The summed E-state index contributed by atoms with van der Waals surface area (Å²) in [4.78, 5) is 25.4. The molecule has 0 radical (unpaired) electrons. The van der Waals surface area contributed by atoms with Gasteiger partial charge in [-0.1, -0.05) is 12.1 Å². The highest BCUT2D eigenvalue weighted by Gasteiger charge is 2.24. The van der Waals surface area contributed by atoms with Gasteiger partial charge >= 0.3 is 0 Å². The van der Waals surface area contributed by atoms with Crippen LogP contribution in [0.25, 0.3) is 0 Å². The molecule has 1 fully saturated rings. The first-order valence-corrected chi connectivity index (χ1v) is 6.99. The van der Waals surface area contributed by atoms with Crippen LogP contribution in [-0.2, 0) is 16.1 Å². The molecule has 2 N–H and O–H groups in total. The number of nitrogens with zero attached hydrogens (tertiary/aromatic N) is 1. The predicted molar refractivity (Wildman–Crippen MR) is 78.9 cm³/mol. The van der Waals surface area contributed by atoms with E-state index in [4.69, 9.17) is 4.74 Å². The van der Waals surface area contributed by atoms with E-state index in [1.165, 1.54) is 0 Å². The van der Waals surface area contributed by atoms with Gasteiger partial charge in [-0.15, -0.1) is 0 Å². The second-order valence-electron chi connectivity index (χ2n) is 5.05. The lowest BCUT2D eigenvalue weighted by atomic mass is 10.1. The van der Waals surface area contributed by atoms with Crippen LogP contribution in [0, 0.1) is 0 Å². The molecule has 1 aromatic rings. The monoisotopic (exact) mass is 291 g/mol. The van der Waals surface area contributed by atoms with E-state index in [1.807, 2.05) is 12.1 Å². The van der Waals surface area contributed by atoms with E-state index in [-0.39, 0.29) is 17.9 Å². The molecule has 0 saturated carbocycles. The van der Waals surface area contributed by atoms with Gasteiger partial charge in [-0.3, -0.25) is 9.59 Å². The highest BCUT2D eigenvalue weighted by Crippen LogP contribution is 2.08. The second kappa shape index (κ2) is 7.19. The fourth-order valence-electron chi connectivity index (χ4n) is 2.25. The summed E-state index contributed by atoms with van der Waals surface area (Å²) in [6.45, 7) is 2.27. The first kappa shape index (κ1) is 15.5. The summed E-state index contributed by atoms with van der Waals surface area (Å²) in [5, 5.41) is 5.73. The lowest BCUT2D eigenvalue weighted by molar-refractivity contribution is -0.135. The summed E-state index contributed by atoms with van der Waals surface area (Å²) in [5.41, 5.74) is 1.59. The molecule has 0 aliphatic carbocycles. The van der Waals surface area contributed by atoms with Crippen molar-refractivity contribution in [3.8, 4) is 0 Å². The van der Waals surface area contributed by atoms with Gasteiger partial charge in [0.25, 0.3) is 5.91 Å². The number of rotatable bonds is 4. The zero-order valence-electron chi connectivity index (χ0n) is 12.4. The molecule has 1 unspecified atom stereocenters. The van der Waals surface area contributed by atoms with Crippen molar-refractivity contribution in [1.82, 2.24) is 15.5 Å². The molecular formula is C15H21N3O3. The van der Waals surface area contributed by atoms with Crippen molar-refractivity contribution in [2.45, 2.75) is 12.6 Å². The van der Waals surface area contributed by atoms with Crippen molar-refractivity contribution in [1.29, 1.82) is 0 Å². The number of carbonyl (C=O) groups excluding carboxylic acids is 2. The van der Waals surface area contributed by atoms with Crippen LogP contribution in [0.15, 0.2) is 24.3 Å². The van der Waals surface area contributed by atoms with E-state index in [9.17, 15) is 9.59 Å². The minimum atomic E-state index is -0.270. The SMILES string of the molecule is CNC(=O)c1ccc(CN(C)C(=O)C2COCCN2)cc1. The second-order valence-corrected chi connectivity index (χ2v) is 5.05. The van der Waals surface area contributed by atoms with Gasteiger partial charge < -0.3 is 20.3 Å². The van der Waals surface area contributed by atoms with E-state index in [0.717, 1.165) is 5.56 Å². The summed E-state index contributed by atoms with van der Waals surface area (Å²) in [5.74, 6) is -0.0976. The van der Waals surface area contributed by atoms with Crippen LogP contribution in [0.2, 0.25) is 0 Å². The lowest BCUT2D eigenvalue weighted by Crippen LogP contribution is -2.51. The number of carbonyl (C=O) groups is 2. The predicted octanol–water partition coefficient (Wildman–Crippen LogP) is -0.00700. The van der Waals surface area contributed by atoms with Gasteiger partial charge in [-0.05, 0) is 17.7 Å². The first-order chi connectivity index (χ1) is 10.1. The molecule has 21 heavy (non-hydrogen) atoms. The summed E-state index contributed by atoms with van der Waals surface area (Å²) in [6.07, 6.45) is 0. The fourth-order valence-corrected chi connectivity index (χ4v) is 2.25. The Balaban J connectivity index is 1.93. The molecule has 1 atom stereocenters. The Hall–Kier alpha value is -1.92. The molecular weight excluding hydrogens is 270 g/mol. The number of likely N-dealkylation sites (N-methyl/N-ethyl adjacent to an activating group) is 1. The zero-order chi connectivity index (χ0) is 15.2. The third-order valence-corrected chi connectivity index (χ3v) is 3.46. The Morgan fingerprint density at radius 1 is 1.38 bits per heavy atom. The number of amides is 2. The van der Waals surface area contributed by atoms with Crippen LogP contribution >= 0.6 is 0 Å². The van der Waals surface area contributed by atoms with E-state index in [0.29, 0.717) is 31.9 Å². The van der Waals surface area contributed by atoms with E-state index in [2.05, 4.69) is 10.6 Å². The first-order valence-electron chi connectivity index (χ1n) is 6.99. The van der Waals surface area contributed by atoms with Crippen molar-refractivity contribution in [2.24, 2.45) is 0 Å². The van der Waals surface area contributed by atoms with Crippen LogP contribution in [0.4, 0.5) is 0 Å². The van der Waals surface area contributed by atoms with Gasteiger partial charge in [0.05, 0.1) is 13.2 Å². The Bertz CT molecular complexity index is 495. The number of morpholine rings is 1. The summed E-state index contributed by atoms with van der Waals surface area (Å²) in [6, 6.07) is 6.97. The largest absolute Gasteiger partial charge is 0.378 e. The maximum atomic E-state index is 12.2. The van der Waals surface area contributed by atoms with Gasteiger partial charge in [-0.2, -0.15) is 0 Å². The van der Waals surface area contributed by atoms with Crippen molar-refractivity contribution in [3.63, 3.8) is 0 Å². The van der Waals surface area contributed by atoms with E-state index < -0.39 is 0 Å². The average Bonchev–Trinajstić information content (AvgIpc) is 2.55. The quantitative estimate of drug-likeness (QED) is 0.819. The fraction of sp³-hybridized carbons (Fsp3) is 0.467. The molecule has 1 aliphatic rings. The Morgan fingerprint density at radius 3 is 2.67 bits per heavy atom. The van der Waals surface area contributed by atoms with Gasteiger partial charge in [0, 0.05) is 32.7 Å². The molecule has 2 rings (SSSR count). The molecule has 6 heteroatoms. The number of ether oxygens (including phenoxy) is 1. The van der Waals surface area contributed by atoms with Crippen molar-refractivity contribution in [3.05, 3.63) is 35.4 Å². The van der Waals surface area contributed by atoms with Crippen molar-refractivity contribution >= 4 is 11.8 Å². The molecule has 2 amide bonds. The van der Waals surface area contributed by atoms with Crippen LogP contribution in [0.1, 0.15) is 15.9 Å². The summed E-state index contributed by atoms with van der Waals surface area (Å²) in [7, 11) is 3.37. The molecule has 1 heterocycles. The Morgan fingerprint density at radius 2 is 2.10 bits per heavy atom. The van der Waals surface area contributed by atoms with E-state index in [1.54, 1.807) is 31.1 Å². The normalized spacial score (nSPS) is 18.1. The zero-order valence-corrected chi connectivity index (χ0v) is 12.4. The molecule has 1 aliphatic heterocycles. The van der Waals surface area contributed by atoms with E-state index >= 15 is 0 Å². The molecule has 1 saturated heterocycles. The van der Waals surface area contributed by atoms with Gasteiger partial charge in [0.15, 0.2) is 0 Å². The summed E-state index contributed by atoms with van der Waals surface area (Å²) >= 11 is 0. The Kier molecular flexibility index (Phi) is 5.30. The van der Waals surface area contributed by atoms with Crippen LogP contribution < -0.4 is 10.6 Å². The van der Waals surface area contributed by atoms with Crippen molar-refractivity contribution in [2.75, 3.05) is 33.9 Å². The van der Waals surface area contributed by atoms with Gasteiger partial charge in [0.1, 0.15) is 6.04 Å². The highest BCUT2D eigenvalue weighted by molar-refractivity contribution is 5.93. The maximum absolute atomic E-state index is 12.2. The highest BCUT2D eigenvalue weighted by atomic mass is 16.5. The number of hydrogen-bond donors (Lipinski definition) is 2. The minimum absolute atomic E-state index is 0.0186.